The zero-order chi connectivity index (χ0) is 22.7. The van der Waals surface area contributed by atoms with E-state index in [0.717, 1.165) is 54.0 Å². The van der Waals surface area contributed by atoms with E-state index in [0.29, 0.717) is 32.2 Å². The lowest BCUT2D eigenvalue weighted by atomic mass is 10.1. The topological polar surface area (TPSA) is 76.6 Å². The Balaban J connectivity index is 1.40. The van der Waals surface area contributed by atoms with Gasteiger partial charge in [0.2, 0.25) is 5.88 Å². The summed E-state index contributed by atoms with van der Waals surface area (Å²) in [6, 6.07) is 5.93. The summed E-state index contributed by atoms with van der Waals surface area (Å²) in [4.78, 5) is 24.2. The maximum Gasteiger partial charge on any atom is 0.321 e. The number of fused-ring (bicyclic) bond motifs is 1. The number of hydrogen-bond acceptors (Lipinski definition) is 5. The van der Waals surface area contributed by atoms with Crippen molar-refractivity contribution in [2.45, 2.75) is 65.4 Å². The van der Waals surface area contributed by atoms with Gasteiger partial charge in [-0.1, -0.05) is 26.0 Å². The Morgan fingerprint density at radius 3 is 2.66 bits per heavy atom. The number of likely N-dealkylation sites (tertiary alicyclic amines) is 1. The van der Waals surface area contributed by atoms with Crippen molar-refractivity contribution in [3.05, 3.63) is 46.4 Å². The van der Waals surface area contributed by atoms with E-state index in [1.54, 1.807) is 0 Å². The van der Waals surface area contributed by atoms with Gasteiger partial charge in [-0.2, -0.15) is 4.98 Å². The highest BCUT2D eigenvalue weighted by atomic mass is 16.5. The molecule has 0 bridgehead atoms. The van der Waals surface area contributed by atoms with Crippen LogP contribution in [0.3, 0.4) is 0 Å². The highest BCUT2D eigenvalue weighted by Gasteiger charge is 2.27. The van der Waals surface area contributed by atoms with Crippen molar-refractivity contribution in [3.8, 4) is 5.88 Å². The van der Waals surface area contributed by atoms with Gasteiger partial charge in [-0.15, -0.1) is 0 Å². The second-order valence-electron chi connectivity index (χ2n) is 9.06. The third kappa shape index (κ3) is 5.04. The van der Waals surface area contributed by atoms with E-state index in [9.17, 15) is 4.79 Å². The van der Waals surface area contributed by atoms with Crippen molar-refractivity contribution in [1.29, 1.82) is 0 Å². The van der Waals surface area contributed by atoms with Gasteiger partial charge in [0, 0.05) is 55.9 Å². The number of nitrogens with zero attached hydrogens (tertiary/aromatic N) is 3. The first kappa shape index (κ1) is 22.5. The molecule has 0 aliphatic carbocycles. The molecule has 1 aromatic heterocycles. The Kier molecular flexibility index (Phi) is 6.94. The van der Waals surface area contributed by atoms with E-state index in [4.69, 9.17) is 19.4 Å². The SMILES string of the molecule is Cc1cccc(NC(=O)N2CCC(Oc3nc(C(C)C)nc4c3CCOCC4)CC2)c1C. The number of rotatable bonds is 4. The van der Waals surface area contributed by atoms with Gasteiger partial charge < -0.3 is 19.7 Å². The van der Waals surface area contributed by atoms with Gasteiger partial charge in [0.25, 0.3) is 0 Å². The number of ether oxygens (including phenoxy) is 2. The molecule has 1 saturated heterocycles. The number of carbonyl (C=O) groups excluding carboxylic acids is 1. The van der Waals surface area contributed by atoms with Crippen LogP contribution in [0.15, 0.2) is 18.2 Å². The maximum absolute atomic E-state index is 12.8. The zero-order valence-corrected chi connectivity index (χ0v) is 19.6. The van der Waals surface area contributed by atoms with Gasteiger partial charge in [-0.3, -0.25) is 0 Å². The molecule has 2 aromatic rings. The fourth-order valence-electron chi connectivity index (χ4n) is 4.20. The number of aryl methyl sites for hydroxylation is 1. The number of urea groups is 1. The minimum atomic E-state index is -0.0488. The number of amides is 2. The fraction of sp³-hybridized carbons (Fsp3) is 0.560. The van der Waals surface area contributed by atoms with Crippen LogP contribution in [-0.2, 0) is 17.6 Å². The molecule has 1 fully saturated rings. The van der Waals surface area contributed by atoms with Crippen molar-refractivity contribution >= 4 is 11.7 Å². The summed E-state index contributed by atoms with van der Waals surface area (Å²) in [5.41, 5.74) is 5.29. The summed E-state index contributed by atoms with van der Waals surface area (Å²) >= 11 is 0. The molecule has 1 aromatic carbocycles. The van der Waals surface area contributed by atoms with Gasteiger partial charge >= 0.3 is 6.03 Å². The summed E-state index contributed by atoms with van der Waals surface area (Å²) in [5, 5.41) is 3.06. The molecule has 2 aliphatic heterocycles. The zero-order valence-electron chi connectivity index (χ0n) is 19.6. The van der Waals surface area contributed by atoms with Crippen LogP contribution in [0.25, 0.3) is 0 Å². The highest BCUT2D eigenvalue weighted by Crippen LogP contribution is 2.28. The van der Waals surface area contributed by atoms with Crippen LogP contribution >= 0.6 is 0 Å². The van der Waals surface area contributed by atoms with Gasteiger partial charge in [-0.25, -0.2) is 9.78 Å². The lowest BCUT2D eigenvalue weighted by molar-refractivity contribution is 0.109. The Labute approximate surface area is 190 Å². The minimum absolute atomic E-state index is 0.0444. The lowest BCUT2D eigenvalue weighted by Gasteiger charge is -2.32. The van der Waals surface area contributed by atoms with Crippen molar-refractivity contribution in [2.24, 2.45) is 0 Å². The molecule has 4 rings (SSSR count). The van der Waals surface area contributed by atoms with Crippen LogP contribution in [0.4, 0.5) is 10.5 Å². The van der Waals surface area contributed by atoms with Gasteiger partial charge in [0.15, 0.2) is 0 Å². The van der Waals surface area contributed by atoms with Crippen LogP contribution in [0.2, 0.25) is 0 Å². The molecule has 1 N–H and O–H groups in total. The molecular weight excluding hydrogens is 404 g/mol. The number of nitrogens with one attached hydrogen (secondary N) is 1. The summed E-state index contributed by atoms with van der Waals surface area (Å²) in [6.07, 6.45) is 3.19. The fourth-order valence-corrected chi connectivity index (χ4v) is 4.20. The number of anilines is 1. The highest BCUT2D eigenvalue weighted by molar-refractivity contribution is 5.90. The summed E-state index contributed by atoms with van der Waals surface area (Å²) < 4.78 is 12.1. The van der Waals surface area contributed by atoms with Gasteiger partial charge in [0.05, 0.1) is 18.9 Å². The Morgan fingerprint density at radius 2 is 1.91 bits per heavy atom. The smallest absolute Gasteiger partial charge is 0.321 e. The van der Waals surface area contributed by atoms with E-state index < -0.39 is 0 Å². The average Bonchev–Trinajstić information content (AvgIpc) is 3.03. The Bertz CT molecular complexity index is 968. The monoisotopic (exact) mass is 438 g/mol. The van der Waals surface area contributed by atoms with Gasteiger partial charge in [0.1, 0.15) is 11.9 Å². The van der Waals surface area contributed by atoms with Gasteiger partial charge in [-0.05, 0) is 31.0 Å². The molecule has 0 unspecified atom stereocenters. The molecule has 32 heavy (non-hydrogen) atoms. The number of hydrogen-bond donors (Lipinski definition) is 1. The summed E-state index contributed by atoms with van der Waals surface area (Å²) in [6.45, 7) is 11.0. The predicted molar refractivity (Wildman–Crippen MR) is 125 cm³/mol. The van der Waals surface area contributed by atoms with E-state index in [-0.39, 0.29) is 18.1 Å². The second kappa shape index (κ2) is 9.86. The van der Waals surface area contributed by atoms with Crippen molar-refractivity contribution in [2.75, 3.05) is 31.6 Å². The molecule has 0 atom stereocenters. The molecule has 3 heterocycles. The summed E-state index contributed by atoms with van der Waals surface area (Å²) in [7, 11) is 0. The van der Waals surface area contributed by atoms with Crippen LogP contribution in [0.5, 0.6) is 5.88 Å². The maximum atomic E-state index is 12.8. The van der Waals surface area contributed by atoms with Crippen LogP contribution in [-0.4, -0.2) is 53.3 Å². The molecule has 7 heteroatoms. The second-order valence-corrected chi connectivity index (χ2v) is 9.06. The van der Waals surface area contributed by atoms with Crippen molar-refractivity contribution < 1.29 is 14.3 Å². The van der Waals surface area contributed by atoms with E-state index >= 15 is 0 Å². The first-order valence-corrected chi connectivity index (χ1v) is 11.7. The number of benzene rings is 1. The Hall–Kier alpha value is -2.67. The van der Waals surface area contributed by atoms with Crippen LogP contribution in [0.1, 0.15) is 60.8 Å². The molecule has 172 valence electrons. The molecule has 0 spiro atoms. The van der Waals surface area contributed by atoms with E-state index in [1.165, 1.54) is 5.56 Å². The normalized spacial score (nSPS) is 17.1. The Morgan fingerprint density at radius 1 is 1.16 bits per heavy atom. The molecule has 0 radical (unpaired) electrons. The average molecular weight is 439 g/mol. The standard InChI is InChI=1S/C25H34N4O3/c1-16(2)23-26-22-11-15-31-14-10-20(22)24(28-23)32-19-8-12-29(13-9-19)25(30)27-21-7-5-6-17(3)18(21)4/h5-7,16,19H,8-15H2,1-4H3,(H,27,30). The van der Waals surface area contributed by atoms with Crippen LogP contribution in [0, 0.1) is 13.8 Å². The molecule has 7 nitrogen and oxygen atoms in total. The third-order valence-corrected chi connectivity index (χ3v) is 6.42. The van der Waals surface area contributed by atoms with E-state index in [1.807, 2.05) is 24.0 Å². The molecule has 2 aliphatic rings. The van der Waals surface area contributed by atoms with E-state index in [2.05, 4.69) is 32.2 Å². The minimum Gasteiger partial charge on any atom is -0.474 e. The number of carbonyl (C=O) groups is 1. The molecule has 2 amide bonds. The quantitative estimate of drug-likeness (QED) is 0.765. The number of piperidine rings is 1. The van der Waals surface area contributed by atoms with Crippen LogP contribution < -0.4 is 10.1 Å². The van der Waals surface area contributed by atoms with Crippen molar-refractivity contribution in [1.82, 2.24) is 14.9 Å². The third-order valence-electron chi connectivity index (χ3n) is 6.42. The first-order chi connectivity index (χ1) is 15.4. The summed E-state index contributed by atoms with van der Waals surface area (Å²) in [5.74, 6) is 1.77. The lowest BCUT2D eigenvalue weighted by Crippen LogP contribution is -2.44. The predicted octanol–water partition coefficient (Wildman–Crippen LogP) is 4.41. The molecule has 0 saturated carbocycles. The largest absolute Gasteiger partial charge is 0.474 e. The molecular formula is C25H34N4O3. The number of aromatic nitrogens is 2. The first-order valence-electron chi connectivity index (χ1n) is 11.7. The van der Waals surface area contributed by atoms with Crippen molar-refractivity contribution in [3.63, 3.8) is 0 Å².